The highest BCUT2D eigenvalue weighted by atomic mass is 16.5. The number of nitrogens with zero attached hydrogens (tertiary/aromatic N) is 4. The Morgan fingerprint density at radius 2 is 1.66 bits per heavy atom. The van der Waals surface area contributed by atoms with Gasteiger partial charge >= 0.3 is 12.1 Å². The van der Waals surface area contributed by atoms with Gasteiger partial charge in [0.25, 0.3) is 0 Å². The quantitative estimate of drug-likeness (QED) is 0.0923. The predicted molar refractivity (Wildman–Crippen MR) is 205 cm³/mol. The second-order valence-electron chi connectivity index (χ2n) is 12.7. The number of carbonyl (C=O) groups is 3. The normalized spacial score (nSPS) is 12.9. The molecule has 276 valence electrons. The summed E-state index contributed by atoms with van der Waals surface area (Å²) in [5.41, 5.74) is 3.49. The van der Waals surface area contributed by atoms with E-state index in [9.17, 15) is 14.4 Å². The zero-order valence-electron chi connectivity index (χ0n) is 30.0. The number of ether oxygens (including phenoxy) is 2. The molecule has 5 amide bonds. The number of fused-ring (bicyclic) bond motifs is 1. The molecule has 0 unspecified atom stereocenters. The molecule has 0 aliphatic carbocycles. The van der Waals surface area contributed by atoms with Crippen LogP contribution in [0, 0.1) is 6.92 Å². The Labute approximate surface area is 308 Å². The fourth-order valence-electron chi connectivity index (χ4n) is 5.85. The number of hydrogen-bond acceptors (Lipinski definition) is 8. The standard InChI is InChI=1S/C39H45N9O5/c1-3-4-7-28-24-36(48(46-28)29-12-10-27(2)11-13-29)45-39(51)43-33-14-15-34(32-9-6-5-8-31(32)33)53-30-16-17-40-35(25-30)44-38(50)42-26-37(49)41-18-19-47-20-22-52-23-21-47/h5-6,8-17,24-25H,3-4,7,18-23,26H2,1-2H3,(H,41,49)(H2,43,45,51)(H2,40,42,44,50). The molecule has 0 atom stereocenters. The third-order valence-electron chi connectivity index (χ3n) is 8.66. The van der Waals surface area contributed by atoms with Crippen LogP contribution in [0.4, 0.5) is 26.9 Å². The average molecular weight is 720 g/mol. The Balaban J connectivity index is 1.07. The monoisotopic (exact) mass is 719 g/mol. The summed E-state index contributed by atoms with van der Waals surface area (Å²) in [4.78, 5) is 44.6. The van der Waals surface area contributed by atoms with Crippen molar-refractivity contribution in [2.75, 3.05) is 61.9 Å². The summed E-state index contributed by atoms with van der Waals surface area (Å²) in [5, 5.41) is 20.3. The molecule has 3 heterocycles. The van der Waals surface area contributed by atoms with Gasteiger partial charge in [0.2, 0.25) is 5.91 Å². The number of aromatic nitrogens is 3. The van der Waals surface area contributed by atoms with E-state index in [-0.39, 0.29) is 18.3 Å². The maximum absolute atomic E-state index is 13.4. The minimum Gasteiger partial charge on any atom is -0.457 e. The fraction of sp³-hybridized carbons (Fsp3) is 0.308. The van der Waals surface area contributed by atoms with E-state index in [1.807, 2.05) is 61.5 Å². The van der Waals surface area contributed by atoms with Crippen LogP contribution in [-0.2, 0) is 16.0 Å². The van der Waals surface area contributed by atoms with Gasteiger partial charge in [0.15, 0.2) is 0 Å². The SMILES string of the molecule is CCCCc1cc(NC(=O)Nc2ccc(Oc3ccnc(NC(=O)NCC(=O)NCCN4CCOCC4)c3)c3ccccc23)n(-c2ccc(C)cc2)n1. The van der Waals surface area contributed by atoms with Crippen LogP contribution in [-0.4, -0.2) is 83.6 Å². The van der Waals surface area contributed by atoms with Gasteiger partial charge in [-0.3, -0.25) is 20.3 Å². The van der Waals surface area contributed by atoms with Gasteiger partial charge in [0.1, 0.15) is 23.1 Å². The number of nitrogens with one attached hydrogen (secondary N) is 5. The maximum Gasteiger partial charge on any atom is 0.324 e. The summed E-state index contributed by atoms with van der Waals surface area (Å²) >= 11 is 0. The van der Waals surface area contributed by atoms with Gasteiger partial charge in [-0.25, -0.2) is 19.3 Å². The number of anilines is 3. The van der Waals surface area contributed by atoms with E-state index in [4.69, 9.17) is 14.6 Å². The van der Waals surface area contributed by atoms with Gasteiger partial charge < -0.3 is 25.4 Å². The zero-order valence-corrected chi connectivity index (χ0v) is 30.0. The molecule has 1 fully saturated rings. The molecule has 5 aromatic rings. The molecular formula is C39H45N9O5. The van der Waals surface area contributed by atoms with Crippen molar-refractivity contribution < 1.29 is 23.9 Å². The lowest BCUT2D eigenvalue weighted by molar-refractivity contribution is -0.120. The van der Waals surface area contributed by atoms with E-state index in [1.165, 1.54) is 6.20 Å². The lowest BCUT2D eigenvalue weighted by atomic mass is 10.1. The molecule has 0 radical (unpaired) electrons. The highest BCUT2D eigenvalue weighted by Crippen LogP contribution is 2.35. The van der Waals surface area contributed by atoms with Gasteiger partial charge in [-0.2, -0.15) is 5.10 Å². The van der Waals surface area contributed by atoms with Crippen molar-refractivity contribution in [3.05, 3.63) is 96.3 Å². The largest absolute Gasteiger partial charge is 0.457 e. The zero-order chi connectivity index (χ0) is 37.0. The highest BCUT2D eigenvalue weighted by Gasteiger charge is 2.16. The Kier molecular flexibility index (Phi) is 12.5. The van der Waals surface area contributed by atoms with Gasteiger partial charge in [0, 0.05) is 55.3 Å². The third kappa shape index (κ3) is 10.3. The smallest absolute Gasteiger partial charge is 0.324 e. The number of benzene rings is 3. The average Bonchev–Trinajstić information content (AvgIpc) is 3.57. The molecule has 6 rings (SSSR count). The third-order valence-corrected chi connectivity index (χ3v) is 8.66. The first-order chi connectivity index (χ1) is 25.8. The summed E-state index contributed by atoms with van der Waals surface area (Å²) in [6.07, 6.45) is 4.37. The Bertz CT molecular complexity index is 2030. The minimum atomic E-state index is -0.573. The van der Waals surface area contributed by atoms with Gasteiger partial charge in [-0.15, -0.1) is 0 Å². The first-order valence-corrected chi connectivity index (χ1v) is 17.9. The number of amides is 5. The molecule has 1 aliphatic rings. The number of rotatable bonds is 14. The lowest BCUT2D eigenvalue weighted by Crippen LogP contribution is -2.44. The van der Waals surface area contributed by atoms with Gasteiger partial charge in [-0.05, 0) is 50.1 Å². The van der Waals surface area contributed by atoms with Crippen LogP contribution in [0.3, 0.4) is 0 Å². The molecule has 0 saturated carbocycles. The van der Waals surface area contributed by atoms with E-state index in [1.54, 1.807) is 28.9 Å². The first-order valence-electron chi connectivity index (χ1n) is 17.9. The van der Waals surface area contributed by atoms with Crippen LogP contribution < -0.4 is 31.3 Å². The molecular weight excluding hydrogens is 674 g/mol. The molecule has 0 spiro atoms. The van der Waals surface area contributed by atoms with Crippen LogP contribution in [0.15, 0.2) is 85.1 Å². The lowest BCUT2D eigenvalue weighted by Gasteiger charge is -2.26. The van der Waals surface area contributed by atoms with E-state index in [0.29, 0.717) is 42.8 Å². The highest BCUT2D eigenvalue weighted by molar-refractivity contribution is 6.07. The van der Waals surface area contributed by atoms with Crippen LogP contribution >= 0.6 is 0 Å². The molecule has 0 bridgehead atoms. The molecule has 14 nitrogen and oxygen atoms in total. The number of morpholine rings is 1. The predicted octanol–water partition coefficient (Wildman–Crippen LogP) is 6.08. The van der Waals surface area contributed by atoms with Crippen molar-refractivity contribution in [1.82, 2.24) is 30.3 Å². The van der Waals surface area contributed by atoms with E-state index in [2.05, 4.69) is 43.4 Å². The van der Waals surface area contributed by atoms with Crippen molar-refractivity contribution in [3.63, 3.8) is 0 Å². The second-order valence-corrected chi connectivity index (χ2v) is 12.7. The van der Waals surface area contributed by atoms with Gasteiger partial charge in [0.05, 0.1) is 36.8 Å². The number of pyridine rings is 1. The molecule has 14 heteroatoms. The number of hydrogen-bond donors (Lipinski definition) is 5. The van der Waals surface area contributed by atoms with E-state index >= 15 is 0 Å². The van der Waals surface area contributed by atoms with Crippen molar-refractivity contribution in [2.45, 2.75) is 33.1 Å². The Hall–Kier alpha value is -5.99. The Morgan fingerprint density at radius 1 is 0.868 bits per heavy atom. The van der Waals surface area contributed by atoms with Crippen molar-refractivity contribution in [3.8, 4) is 17.2 Å². The number of unbranched alkanes of at least 4 members (excludes halogenated alkanes) is 1. The molecule has 3 aromatic carbocycles. The maximum atomic E-state index is 13.4. The van der Waals surface area contributed by atoms with Crippen molar-refractivity contribution in [1.29, 1.82) is 0 Å². The van der Waals surface area contributed by atoms with Crippen LogP contribution in [0.1, 0.15) is 31.0 Å². The summed E-state index contributed by atoms with van der Waals surface area (Å²) in [6, 6.07) is 23.3. The van der Waals surface area contributed by atoms with E-state index in [0.717, 1.165) is 66.6 Å². The van der Waals surface area contributed by atoms with E-state index < -0.39 is 12.1 Å². The van der Waals surface area contributed by atoms with Crippen molar-refractivity contribution in [2.24, 2.45) is 0 Å². The fourth-order valence-corrected chi connectivity index (χ4v) is 5.85. The van der Waals surface area contributed by atoms with Crippen molar-refractivity contribution >= 4 is 46.1 Å². The van der Waals surface area contributed by atoms with Crippen LogP contribution in [0.25, 0.3) is 16.5 Å². The molecule has 5 N–H and O–H groups in total. The molecule has 2 aromatic heterocycles. The summed E-state index contributed by atoms with van der Waals surface area (Å²) in [6.45, 7) is 8.28. The minimum absolute atomic E-state index is 0.175. The second kappa shape index (κ2) is 18.0. The first kappa shape index (κ1) is 36.8. The molecule has 53 heavy (non-hydrogen) atoms. The van der Waals surface area contributed by atoms with Gasteiger partial charge in [-0.1, -0.05) is 55.3 Å². The number of carbonyl (C=O) groups excluding carboxylic acids is 3. The topological polar surface area (TPSA) is 164 Å². The molecule has 1 saturated heterocycles. The molecule has 1 aliphatic heterocycles. The summed E-state index contributed by atoms with van der Waals surface area (Å²) in [5.74, 6) is 1.50. The van der Waals surface area contributed by atoms with Crippen LogP contribution in [0.2, 0.25) is 0 Å². The van der Waals surface area contributed by atoms with Crippen LogP contribution in [0.5, 0.6) is 11.5 Å². The Morgan fingerprint density at radius 3 is 2.45 bits per heavy atom. The summed E-state index contributed by atoms with van der Waals surface area (Å²) < 4.78 is 13.3. The number of aryl methyl sites for hydroxylation is 2. The number of urea groups is 2. The summed E-state index contributed by atoms with van der Waals surface area (Å²) in [7, 11) is 0.